The molecule has 0 fully saturated rings. The van der Waals surface area contributed by atoms with Crippen LogP contribution >= 0.6 is 0 Å². The smallest absolute Gasteiger partial charge is 0.265 e. The predicted molar refractivity (Wildman–Crippen MR) is 19.9 cm³/mol. The van der Waals surface area contributed by atoms with Crippen LogP contribution in [0.3, 0.4) is 0 Å². The number of carbonyl (C=O) groups is 1. The molecular weight excluding hydrogens is 123 g/mol. The molecule has 0 heterocycles. The molecule has 0 aliphatic carbocycles. The SMILES string of the molecule is CC(F)(F)C(=O)NF. The summed E-state index contributed by atoms with van der Waals surface area (Å²) in [5.74, 6) is -5.54. The van der Waals surface area contributed by atoms with Gasteiger partial charge in [0.25, 0.3) is 0 Å². The highest BCUT2D eigenvalue weighted by atomic mass is 19.3. The predicted octanol–water partition coefficient (Wildman–Crippen LogP) is 0.642. The lowest BCUT2D eigenvalue weighted by molar-refractivity contribution is -0.147. The Morgan fingerprint density at radius 3 is 2.00 bits per heavy atom. The molecule has 0 atom stereocenters. The van der Waals surface area contributed by atoms with Crippen LogP contribution < -0.4 is 5.54 Å². The Hall–Kier alpha value is -0.740. The van der Waals surface area contributed by atoms with Crippen LogP contribution in [0.4, 0.5) is 13.3 Å². The van der Waals surface area contributed by atoms with E-state index in [0.29, 0.717) is 12.5 Å². The Morgan fingerprint density at radius 1 is 1.62 bits per heavy atom. The molecule has 0 saturated carbocycles. The third-order valence-corrected chi connectivity index (χ3v) is 0.485. The van der Waals surface area contributed by atoms with Crippen LogP contribution in [0, 0.1) is 0 Å². The third-order valence-electron chi connectivity index (χ3n) is 0.485. The molecule has 0 unspecified atom stereocenters. The summed E-state index contributed by atoms with van der Waals surface area (Å²) in [6.07, 6.45) is 0. The minimum Gasteiger partial charge on any atom is -0.265 e. The molecule has 5 heteroatoms. The van der Waals surface area contributed by atoms with Crippen molar-refractivity contribution in [1.82, 2.24) is 5.54 Å². The summed E-state index contributed by atoms with van der Waals surface area (Å²) >= 11 is 0. The van der Waals surface area contributed by atoms with Crippen molar-refractivity contribution in [2.75, 3.05) is 0 Å². The zero-order valence-electron chi connectivity index (χ0n) is 4.04. The fraction of sp³-hybridized carbons (Fsp3) is 0.667. The highest BCUT2D eigenvalue weighted by Gasteiger charge is 2.32. The Kier molecular flexibility index (Phi) is 1.83. The summed E-state index contributed by atoms with van der Waals surface area (Å²) < 4.78 is 33.7. The van der Waals surface area contributed by atoms with Crippen molar-refractivity contribution in [1.29, 1.82) is 0 Å². The average Bonchev–Trinajstić information content (AvgIpc) is 1.62. The summed E-state index contributed by atoms with van der Waals surface area (Å²) in [7, 11) is 0. The van der Waals surface area contributed by atoms with Crippen LogP contribution in [0.2, 0.25) is 0 Å². The summed E-state index contributed by atoms with van der Waals surface area (Å²) in [6.45, 7) is 0.307. The first-order chi connectivity index (χ1) is 3.48. The van der Waals surface area contributed by atoms with Crippen molar-refractivity contribution < 1.29 is 18.1 Å². The number of hydrogen-bond acceptors (Lipinski definition) is 1. The van der Waals surface area contributed by atoms with Crippen molar-refractivity contribution in [2.24, 2.45) is 0 Å². The molecule has 0 aliphatic heterocycles. The van der Waals surface area contributed by atoms with E-state index in [2.05, 4.69) is 0 Å². The highest BCUT2D eigenvalue weighted by Crippen LogP contribution is 2.10. The summed E-state index contributed by atoms with van der Waals surface area (Å²) in [4.78, 5) is 9.60. The van der Waals surface area contributed by atoms with Crippen molar-refractivity contribution in [3.63, 3.8) is 0 Å². The minimum absolute atomic E-state index is 0.307. The van der Waals surface area contributed by atoms with Gasteiger partial charge in [-0.25, -0.2) is 0 Å². The van der Waals surface area contributed by atoms with Crippen LogP contribution in [0.25, 0.3) is 0 Å². The first-order valence-corrected chi connectivity index (χ1v) is 1.77. The number of amides is 1. The first kappa shape index (κ1) is 7.26. The van der Waals surface area contributed by atoms with Gasteiger partial charge < -0.3 is 0 Å². The summed E-state index contributed by atoms with van der Waals surface area (Å²) in [6, 6.07) is 0. The fourth-order valence-electron chi connectivity index (χ4n) is 0.0830. The monoisotopic (exact) mass is 127 g/mol. The molecule has 0 saturated heterocycles. The van der Waals surface area contributed by atoms with E-state index >= 15 is 0 Å². The van der Waals surface area contributed by atoms with Gasteiger partial charge in [-0.15, -0.1) is 4.48 Å². The number of hydrogen-bond donors (Lipinski definition) is 1. The number of nitrogens with one attached hydrogen (secondary N) is 1. The zero-order chi connectivity index (χ0) is 6.78. The van der Waals surface area contributed by atoms with E-state index in [4.69, 9.17) is 0 Å². The van der Waals surface area contributed by atoms with Gasteiger partial charge in [0.1, 0.15) is 0 Å². The second-order valence-corrected chi connectivity index (χ2v) is 1.31. The minimum atomic E-state index is -3.62. The molecule has 1 N–H and O–H groups in total. The molecule has 0 bridgehead atoms. The van der Waals surface area contributed by atoms with Gasteiger partial charge in [0.05, 0.1) is 0 Å². The lowest BCUT2D eigenvalue weighted by atomic mass is 10.4. The first-order valence-electron chi connectivity index (χ1n) is 1.77. The molecule has 0 radical (unpaired) electrons. The zero-order valence-corrected chi connectivity index (χ0v) is 4.04. The highest BCUT2D eigenvalue weighted by molar-refractivity contribution is 5.81. The standard InChI is InChI=1S/C3H4F3NO/c1-3(4,5)2(8)7-6/h1H3,(H,7,8). The maximum Gasteiger partial charge on any atom is 0.324 e. The lowest BCUT2D eigenvalue weighted by Gasteiger charge is -2.03. The Bertz CT molecular complexity index is 97.2. The van der Waals surface area contributed by atoms with Crippen molar-refractivity contribution in [3.05, 3.63) is 0 Å². The van der Waals surface area contributed by atoms with Gasteiger partial charge in [-0.2, -0.15) is 14.3 Å². The van der Waals surface area contributed by atoms with Gasteiger partial charge in [-0.05, 0) is 0 Å². The number of rotatable bonds is 1. The summed E-state index contributed by atoms with van der Waals surface area (Å²) in [5, 5.41) is 0. The Labute approximate surface area is 43.6 Å². The topological polar surface area (TPSA) is 29.1 Å². The summed E-state index contributed by atoms with van der Waals surface area (Å²) in [5.41, 5.74) is 0.316. The number of halogens is 3. The molecule has 8 heavy (non-hydrogen) atoms. The quantitative estimate of drug-likeness (QED) is 0.514. The van der Waals surface area contributed by atoms with Crippen LogP contribution in [0.1, 0.15) is 6.92 Å². The van der Waals surface area contributed by atoms with Crippen molar-refractivity contribution >= 4 is 5.91 Å². The molecule has 48 valence electrons. The molecule has 0 aliphatic rings. The molecule has 0 aromatic carbocycles. The van der Waals surface area contributed by atoms with Gasteiger partial charge >= 0.3 is 11.8 Å². The van der Waals surface area contributed by atoms with Gasteiger partial charge in [-0.3, -0.25) is 4.79 Å². The Morgan fingerprint density at radius 2 is 2.00 bits per heavy atom. The van der Waals surface area contributed by atoms with Crippen molar-refractivity contribution in [2.45, 2.75) is 12.8 Å². The van der Waals surface area contributed by atoms with Crippen LogP contribution in [-0.4, -0.2) is 11.8 Å². The average molecular weight is 127 g/mol. The van der Waals surface area contributed by atoms with E-state index < -0.39 is 11.8 Å². The van der Waals surface area contributed by atoms with E-state index in [1.165, 1.54) is 0 Å². The van der Waals surface area contributed by atoms with E-state index in [-0.39, 0.29) is 0 Å². The molecule has 1 amide bonds. The fourth-order valence-corrected chi connectivity index (χ4v) is 0.0830. The van der Waals surface area contributed by atoms with E-state index in [9.17, 15) is 18.1 Å². The van der Waals surface area contributed by atoms with Crippen molar-refractivity contribution in [3.8, 4) is 0 Å². The van der Waals surface area contributed by atoms with Gasteiger partial charge in [-0.1, -0.05) is 0 Å². The third kappa shape index (κ3) is 1.81. The van der Waals surface area contributed by atoms with E-state index in [1.807, 2.05) is 0 Å². The lowest BCUT2D eigenvalue weighted by Crippen LogP contribution is -2.32. The normalized spacial score (nSPS) is 11.0. The van der Waals surface area contributed by atoms with Gasteiger partial charge in [0.15, 0.2) is 0 Å². The van der Waals surface area contributed by atoms with Crippen LogP contribution in [0.5, 0.6) is 0 Å². The van der Waals surface area contributed by atoms with Crippen LogP contribution in [-0.2, 0) is 4.79 Å². The maximum absolute atomic E-state index is 11.5. The van der Waals surface area contributed by atoms with Gasteiger partial charge in [0, 0.05) is 6.92 Å². The van der Waals surface area contributed by atoms with E-state index in [1.54, 1.807) is 0 Å². The largest absolute Gasteiger partial charge is 0.324 e. The van der Waals surface area contributed by atoms with Gasteiger partial charge in [0.2, 0.25) is 0 Å². The molecule has 0 aromatic rings. The molecule has 0 rings (SSSR count). The number of carbonyl (C=O) groups excluding carboxylic acids is 1. The number of alkyl halides is 2. The van der Waals surface area contributed by atoms with Crippen LogP contribution in [0.15, 0.2) is 0 Å². The van der Waals surface area contributed by atoms with E-state index in [0.717, 1.165) is 0 Å². The second kappa shape index (κ2) is 2.02. The molecule has 2 nitrogen and oxygen atoms in total. The molecule has 0 aromatic heterocycles. The Balaban J connectivity index is 3.82. The maximum atomic E-state index is 11.5. The second-order valence-electron chi connectivity index (χ2n) is 1.31. The molecular formula is C3H4F3NO. The molecule has 0 spiro atoms.